The SMILES string of the molecule is NCC1(NC(=O)Nc2ccccc2F)CC1. The molecule has 2 rings (SSSR count). The van der Waals surface area contributed by atoms with Crippen molar-refractivity contribution in [1.29, 1.82) is 0 Å². The fourth-order valence-electron chi connectivity index (χ4n) is 1.49. The molecule has 1 aromatic rings. The summed E-state index contributed by atoms with van der Waals surface area (Å²) in [6, 6.07) is 5.63. The molecule has 0 atom stereocenters. The Kier molecular flexibility index (Phi) is 2.78. The minimum absolute atomic E-state index is 0.174. The monoisotopic (exact) mass is 223 g/mol. The number of halogens is 1. The van der Waals surface area contributed by atoms with E-state index in [1.807, 2.05) is 0 Å². The van der Waals surface area contributed by atoms with E-state index in [9.17, 15) is 9.18 Å². The maximum atomic E-state index is 13.2. The van der Waals surface area contributed by atoms with Crippen molar-refractivity contribution < 1.29 is 9.18 Å². The van der Waals surface area contributed by atoms with Gasteiger partial charge in [-0.2, -0.15) is 0 Å². The lowest BCUT2D eigenvalue weighted by Gasteiger charge is -2.15. The minimum Gasteiger partial charge on any atom is -0.331 e. The second-order valence-electron chi connectivity index (χ2n) is 4.04. The summed E-state index contributed by atoms with van der Waals surface area (Å²) in [6.07, 6.45) is 1.77. The second-order valence-corrected chi connectivity index (χ2v) is 4.04. The fourth-order valence-corrected chi connectivity index (χ4v) is 1.49. The lowest BCUT2D eigenvalue weighted by Crippen LogP contribution is -2.44. The summed E-state index contributed by atoms with van der Waals surface area (Å²) in [4.78, 5) is 11.5. The van der Waals surface area contributed by atoms with Crippen LogP contribution in [0.4, 0.5) is 14.9 Å². The molecule has 5 heteroatoms. The average Bonchev–Trinajstić information content (AvgIpc) is 3.02. The van der Waals surface area contributed by atoms with Crippen molar-refractivity contribution in [3.8, 4) is 0 Å². The van der Waals surface area contributed by atoms with Gasteiger partial charge in [-0.25, -0.2) is 9.18 Å². The molecule has 1 aromatic carbocycles. The molecule has 0 bridgehead atoms. The molecule has 0 aliphatic heterocycles. The number of nitrogens with two attached hydrogens (primary N) is 1. The maximum absolute atomic E-state index is 13.2. The highest BCUT2D eigenvalue weighted by Crippen LogP contribution is 2.33. The molecule has 4 nitrogen and oxygen atoms in total. The molecule has 0 aromatic heterocycles. The first-order valence-electron chi connectivity index (χ1n) is 5.19. The summed E-state index contributed by atoms with van der Waals surface area (Å²) in [6.45, 7) is 0.414. The summed E-state index contributed by atoms with van der Waals surface area (Å²) in [5.41, 5.74) is 5.43. The van der Waals surface area contributed by atoms with Crippen molar-refractivity contribution in [1.82, 2.24) is 5.32 Å². The van der Waals surface area contributed by atoms with Crippen LogP contribution in [0, 0.1) is 5.82 Å². The van der Waals surface area contributed by atoms with Gasteiger partial charge in [0, 0.05) is 6.54 Å². The molecule has 1 saturated carbocycles. The van der Waals surface area contributed by atoms with Crippen LogP contribution >= 0.6 is 0 Å². The van der Waals surface area contributed by atoms with E-state index in [2.05, 4.69) is 10.6 Å². The van der Waals surface area contributed by atoms with Crippen molar-refractivity contribution in [2.24, 2.45) is 5.73 Å². The van der Waals surface area contributed by atoms with Gasteiger partial charge in [0.2, 0.25) is 0 Å². The van der Waals surface area contributed by atoms with Crippen molar-refractivity contribution in [2.75, 3.05) is 11.9 Å². The number of para-hydroxylation sites is 1. The van der Waals surface area contributed by atoms with Gasteiger partial charge in [-0.1, -0.05) is 12.1 Å². The average molecular weight is 223 g/mol. The van der Waals surface area contributed by atoms with E-state index in [1.165, 1.54) is 12.1 Å². The quantitative estimate of drug-likeness (QED) is 0.725. The predicted octanol–water partition coefficient (Wildman–Crippen LogP) is 1.44. The van der Waals surface area contributed by atoms with Gasteiger partial charge in [-0.15, -0.1) is 0 Å². The van der Waals surface area contributed by atoms with Crippen LogP contribution in [0.1, 0.15) is 12.8 Å². The highest BCUT2D eigenvalue weighted by atomic mass is 19.1. The summed E-state index contributed by atoms with van der Waals surface area (Å²) in [7, 11) is 0. The number of hydrogen-bond donors (Lipinski definition) is 3. The molecule has 1 aliphatic carbocycles. The van der Waals surface area contributed by atoms with E-state index < -0.39 is 11.8 Å². The number of rotatable bonds is 3. The topological polar surface area (TPSA) is 67.1 Å². The van der Waals surface area contributed by atoms with Crippen molar-refractivity contribution in [2.45, 2.75) is 18.4 Å². The zero-order chi connectivity index (χ0) is 11.6. The highest BCUT2D eigenvalue weighted by Gasteiger charge is 2.42. The van der Waals surface area contributed by atoms with Gasteiger partial charge in [0.1, 0.15) is 5.82 Å². The molecule has 86 valence electrons. The van der Waals surface area contributed by atoms with Gasteiger partial charge in [0.25, 0.3) is 0 Å². The number of hydrogen-bond acceptors (Lipinski definition) is 2. The third-order valence-electron chi connectivity index (χ3n) is 2.75. The van der Waals surface area contributed by atoms with Crippen LogP contribution in [0.2, 0.25) is 0 Å². The molecular weight excluding hydrogens is 209 g/mol. The zero-order valence-corrected chi connectivity index (χ0v) is 8.79. The van der Waals surface area contributed by atoms with Gasteiger partial charge in [0.05, 0.1) is 11.2 Å². The number of amides is 2. The first-order chi connectivity index (χ1) is 7.65. The first kappa shape index (κ1) is 10.9. The summed E-state index contributed by atoms with van der Waals surface area (Å²) >= 11 is 0. The Balaban J connectivity index is 1.95. The van der Waals surface area contributed by atoms with Crippen LogP contribution < -0.4 is 16.4 Å². The molecule has 0 spiro atoms. The number of carbonyl (C=O) groups excluding carboxylic acids is 1. The molecule has 0 saturated heterocycles. The smallest absolute Gasteiger partial charge is 0.319 e. The Morgan fingerprint density at radius 1 is 1.44 bits per heavy atom. The summed E-state index contributed by atoms with van der Waals surface area (Å²) in [5.74, 6) is -0.449. The van der Waals surface area contributed by atoms with Crippen molar-refractivity contribution in [3.63, 3.8) is 0 Å². The normalized spacial score (nSPS) is 16.6. The predicted molar refractivity (Wildman–Crippen MR) is 59.6 cm³/mol. The van der Waals surface area contributed by atoms with Crippen LogP contribution in [0.25, 0.3) is 0 Å². The molecule has 0 unspecified atom stereocenters. The molecule has 1 fully saturated rings. The van der Waals surface area contributed by atoms with Crippen LogP contribution in [0.3, 0.4) is 0 Å². The molecule has 4 N–H and O–H groups in total. The van der Waals surface area contributed by atoms with Gasteiger partial charge in [-0.3, -0.25) is 0 Å². The lowest BCUT2D eigenvalue weighted by atomic mass is 10.3. The lowest BCUT2D eigenvalue weighted by molar-refractivity contribution is 0.247. The number of anilines is 1. The zero-order valence-electron chi connectivity index (χ0n) is 8.79. The Morgan fingerprint density at radius 2 is 2.12 bits per heavy atom. The van der Waals surface area contributed by atoms with E-state index in [0.29, 0.717) is 6.54 Å². The number of benzene rings is 1. The molecule has 16 heavy (non-hydrogen) atoms. The fraction of sp³-hybridized carbons (Fsp3) is 0.364. The maximum Gasteiger partial charge on any atom is 0.319 e. The van der Waals surface area contributed by atoms with Crippen LogP contribution in [-0.4, -0.2) is 18.1 Å². The number of carbonyl (C=O) groups is 1. The molecule has 0 heterocycles. The molecular formula is C11H14FN3O. The first-order valence-corrected chi connectivity index (χ1v) is 5.19. The Morgan fingerprint density at radius 3 is 2.69 bits per heavy atom. The van der Waals surface area contributed by atoms with E-state index in [-0.39, 0.29) is 11.2 Å². The van der Waals surface area contributed by atoms with Crippen LogP contribution in [0.5, 0.6) is 0 Å². The van der Waals surface area contributed by atoms with E-state index >= 15 is 0 Å². The van der Waals surface area contributed by atoms with Gasteiger partial charge < -0.3 is 16.4 Å². The summed E-state index contributed by atoms with van der Waals surface area (Å²) in [5, 5.41) is 5.21. The Labute approximate surface area is 93.0 Å². The number of nitrogens with one attached hydrogen (secondary N) is 2. The van der Waals surface area contributed by atoms with E-state index in [0.717, 1.165) is 12.8 Å². The second kappa shape index (κ2) is 4.09. The van der Waals surface area contributed by atoms with Crippen LogP contribution in [-0.2, 0) is 0 Å². The van der Waals surface area contributed by atoms with Gasteiger partial charge >= 0.3 is 6.03 Å². The third-order valence-corrected chi connectivity index (χ3v) is 2.75. The van der Waals surface area contributed by atoms with Crippen LogP contribution in [0.15, 0.2) is 24.3 Å². The molecule has 2 amide bonds. The van der Waals surface area contributed by atoms with Crippen molar-refractivity contribution >= 4 is 11.7 Å². The van der Waals surface area contributed by atoms with E-state index in [4.69, 9.17) is 5.73 Å². The van der Waals surface area contributed by atoms with Crippen molar-refractivity contribution in [3.05, 3.63) is 30.1 Å². The minimum atomic E-state index is -0.449. The summed E-state index contributed by atoms with van der Waals surface area (Å²) < 4.78 is 13.2. The number of urea groups is 1. The largest absolute Gasteiger partial charge is 0.331 e. The standard InChI is InChI=1S/C11H14FN3O/c12-8-3-1-2-4-9(8)14-10(16)15-11(7-13)5-6-11/h1-4H,5-7,13H2,(H2,14,15,16). The molecule has 1 aliphatic rings. The van der Waals surface area contributed by atoms with Gasteiger partial charge in [0.15, 0.2) is 0 Å². The molecule has 0 radical (unpaired) electrons. The Hall–Kier alpha value is -1.62. The third kappa shape index (κ3) is 2.30. The van der Waals surface area contributed by atoms with E-state index in [1.54, 1.807) is 12.1 Å². The Bertz CT molecular complexity index is 404. The van der Waals surface area contributed by atoms with Gasteiger partial charge in [-0.05, 0) is 25.0 Å². The highest BCUT2D eigenvalue weighted by molar-refractivity contribution is 5.90.